The van der Waals surface area contributed by atoms with Crippen molar-refractivity contribution >= 4 is 34.8 Å². The number of carbonyl (C=O) groups is 1. The monoisotopic (exact) mass is 458 g/mol. The van der Waals surface area contributed by atoms with Crippen molar-refractivity contribution in [3.05, 3.63) is 53.7 Å². The third-order valence-corrected chi connectivity index (χ3v) is 4.90. The molecule has 11 heteroatoms. The van der Waals surface area contributed by atoms with E-state index in [2.05, 4.69) is 35.2 Å². The number of aryl methyl sites for hydroxylation is 1. The summed E-state index contributed by atoms with van der Waals surface area (Å²) in [6, 6.07) is 8.61. The lowest BCUT2D eigenvalue weighted by atomic mass is 10.2. The molecule has 4 rings (SSSR count). The van der Waals surface area contributed by atoms with Crippen LogP contribution in [0.5, 0.6) is 5.75 Å². The minimum atomic E-state index is -4.75. The van der Waals surface area contributed by atoms with Gasteiger partial charge in [-0.2, -0.15) is 0 Å². The summed E-state index contributed by atoms with van der Waals surface area (Å²) in [6.45, 7) is 5.26. The van der Waals surface area contributed by atoms with Gasteiger partial charge in [-0.05, 0) is 42.8 Å². The number of amides is 1. The molecule has 33 heavy (non-hydrogen) atoms. The Balaban J connectivity index is 1.42. The molecular weight excluding hydrogens is 437 g/mol. The van der Waals surface area contributed by atoms with E-state index in [0.717, 1.165) is 26.2 Å². The maximum atomic E-state index is 12.3. The van der Waals surface area contributed by atoms with Crippen LogP contribution in [0, 0.1) is 6.92 Å². The first-order valence-electron chi connectivity index (χ1n) is 10.2. The summed E-state index contributed by atoms with van der Waals surface area (Å²) in [5.74, 6) is 0.234. The van der Waals surface area contributed by atoms with E-state index in [9.17, 15) is 18.0 Å². The van der Waals surface area contributed by atoms with E-state index in [1.54, 1.807) is 12.1 Å². The standard InChI is InChI=1S/C22H21F3N6O2/c1-14-20-17(28-21(27-14)31-12-10-26-11-13-31)7-8-18(30-20)29-19(32)9-4-15-2-5-16(6-3-15)33-22(23,24)25/h2-9,26H,10-13H2,1H3,(H,29,30,32)/b9-4+. The Hall–Kier alpha value is -3.73. The second-order valence-corrected chi connectivity index (χ2v) is 7.35. The molecule has 8 nitrogen and oxygen atoms in total. The molecule has 3 aromatic rings. The van der Waals surface area contributed by atoms with Crippen molar-refractivity contribution in [2.75, 3.05) is 36.4 Å². The number of benzene rings is 1. The predicted molar refractivity (Wildman–Crippen MR) is 118 cm³/mol. The van der Waals surface area contributed by atoms with Crippen molar-refractivity contribution in [1.82, 2.24) is 20.3 Å². The highest BCUT2D eigenvalue weighted by Crippen LogP contribution is 2.23. The normalized spacial score (nSPS) is 14.6. The number of ether oxygens (including phenoxy) is 1. The van der Waals surface area contributed by atoms with Crippen LogP contribution in [0.3, 0.4) is 0 Å². The van der Waals surface area contributed by atoms with Gasteiger partial charge in [0.2, 0.25) is 11.9 Å². The van der Waals surface area contributed by atoms with Crippen molar-refractivity contribution in [2.24, 2.45) is 0 Å². The number of piperazine rings is 1. The Labute approximate surface area is 187 Å². The van der Waals surface area contributed by atoms with Gasteiger partial charge in [0.25, 0.3) is 0 Å². The fraction of sp³-hybridized carbons (Fsp3) is 0.273. The quantitative estimate of drug-likeness (QED) is 0.567. The number of fused-ring (bicyclic) bond motifs is 1. The Morgan fingerprint density at radius 1 is 1.09 bits per heavy atom. The number of hydrogen-bond acceptors (Lipinski definition) is 7. The van der Waals surface area contributed by atoms with Crippen molar-refractivity contribution < 1.29 is 22.7 Å². The van der Waals surface area contributed by atoms with Crippen LogP contribution in [-0.4, -0.2) is 53.4 Å². The summed E-state index contributed by atoms with van der Waals surface area (Å²) in [7, 11) is 0. The molecule has 0 atom stereocenters. The number of nitrogens with one attached hydrogen (secondary N) is 2. The van der Waals surface area contributed by atoms with E-state index < -0.39 is 12.3 Å². The minimum Gasteiger partial charge on any atom is -0.406 e. The number of rotatable bonds is 5. The van der Waals surface area contributed by atoms with Crippen LogP contribution in [-0.2, 0) is 4.79 Å². The van der Waals surface area contributed by atoms with E-state index in [0.29, 0.717) is 34.1 Å². The van der Waals surface area contributed by atoms with Crippen molar-refractivity contribution in [1.29, 1.82) is 0 Å². The van der Waals surface area contributed by atoms with Gasteiger partial charge in [0.15, 0.2) is 0 Å². The van der Waals surface area contributed by atoms with Gasteiger partial charge in [-0.3, -0.25) is 4.79 Å². The zero-order valence-electron chi connectivity index (χ0n) is 17.7. The molecule has 0 aliphatic carbocycles. The average molecular weight is 458 g/mol. The average Bonchev–Trinajstić information content (AvgIpc) is 2.78. The number of pyridine rings is 1. The van der Waals surface area contributed by atoms with Crippen molar-refractivity contribution in [2.45, 2.75) is 13.3 Å². The molecular formula is C22H21F3N6O2. The summed E-state index contributed by atoms with van der Waals surface area (Å²) < 4.78 is 40.5. The van der Waals surface area contributed by atoms with Crippen molar-refractivity contribution in [3.8, 4) is 5.75 Å². The summed E-state index contributed by atoms with van der Waals surface area (Å²) in [5, 5.41) is 5.96. The third kappa shape index (κ3) is 5.95. The molecule has 1 aliphatic rings. The molecule has 1 fully saturated rings. The molecule has 0 saturated carbocycles. The lowest BCUT2D eigenvalue weighted by Crippen LogP contribution is -2.44. The highest BCUT2D eigenvalue weighted by atomic mass is 19.4. The predicted octanol–water partition coefficient (Wildman–Crippen LogP) is 3.29. The Morgan fingerprint density at radius 3 is 2.52 bits per heavy atom. The smallest absolute Gasteiger partial charge is 0.406 e. The number of aromatic nitrogens is 3. The molecule has 0 radical (unpaired) electrons. The van der Waals surface area contributed by atoms with E-state index >= 15 is 0 Å². The molecule has 2 aromatic heterocycles. The van der Waals surface area contributed by atoms with E-state index in [-0.39, 0.29) is 5.75 Å². The van der Waals surface area contributed by atoms with Crippen LogP contribution in [0.25, 0.3) is 17.1 Å². The second kappa shape index (κ2) is 9.41. The summed E-state index contributed by atoms with van der Waals surface area (Å²) in [5.41, 5.74) is 2.53. The van der Waals surface area contributed by atoms with Gasteiger partial charge in [-0.1, -0.05) is 12.1 Å². The zero-order valence-corrected chi connectivity index (χ0v) is 17.7. The second-order valence-electron chi connectivity index (χ2n) is 7.35. The number of nitrogens with zero attached hydrogens (tertiary/aromatic N) is 4. The lowest BCUT2D eigenvalue weighted by molar-refractivity contribution is -0.274. The molecule has 0 unspecified atom stereocenters. The molecule has 2 N–H and O–H groups in total. The number of hydrogen-bond donors (Lipinski definition) is 2. The fourth-order valence-electron chi connectivity index (χ4n) is 3.34. The van der Waals surface area contributed by atoms with Gasteiger partial charge in [0, 0.05) is 32.3 Å². The van der Waals surface area contributed by atoms with Gasteiger partial charge in [-0.15, -0.1) is 13.2 Å². The van der Waals surface area contributed by atoms with Crippen LogP contribution in [0.2, 0.25) is 0 Å². The molecule has 1 amide bonds. The number of carbonyl (C=O) groups excluding carboxylic acids is 1. The minimum absolute atomic E-state index is 0.331. The lowest BCUT2D eigenvalue weighted by Gasteiger charge is -2.27. The first-order valence-corrected chi connectivity index (χ1v) is 10.2. The molecule has 172 valence electrons. The summed E-state index contributed by atoms with van der Waals surface area (Å²) in [4.78, 5) is 28.0. The van der Waals surface area contributed by atoms with Gasteiger partial charge in [0.05, 0.1) is 11.2 Å². The first kappa shape index (κ1) is 22.5. The van der Waals surface area contributed by atoms with E-state index in [1.807, 2.05) is 6.92 Å². The fourth-order valence-corrected chi connectivity index (χ4v) is 3.34. The van der Waals surface area contributed by atoms with Crippen molar-refractivity contribution in [3.63, 3.8) is 0 Å². The molecule has 0 bridgehead atoms. The SMILES string of the molecule is Cc1nc(N2CCNCC2)nc2ccc(NC(=O)/C=C/c3ccc(OC(F)(F)F)cc3)nc12. The maximum Gasteiger partial charge on any atom is 0.573 e. The molecule has 1 aromatic carbocycles. The van der Waals surface area contributed by atoms with Crippen LogP contribution in [0.15, 0.2) is 42.5 Å². The van der Waals surface area contributed by atoms with Gasteiger partial charge >= 0.3 is 6.36 Å². The van der Waals surface area contributed by atoms with Crippen LogP contribution in [0.4, 0.5) is 24.9 Å². The topological polar surface area (TPSA) is 92.3 Å². The molecule has 0 spiro atoms. The highest BCUT2D eigenvalue weighted by Gasteiger charge is 2.30. The number of anilines is 2. The Morgan fingerprint density at radius 2 is 1.82 bits per heavy atom. The van der Waals surface area contributed by atoms with Gasteiger partial charge in [-0.25, -0.2) is 15.0 Å². The largest absolute Gasteiger partial charge is 0.573 e. The van der Waals surface area contributed by atoms with E-state index in [4.69, 9.17) is 0 Å². The summed E-state index contributed by atoms with van der Waals surface area (Å²) in [6.07, 6.45) is -2.01. The van der Waals surface area contributed by atoms with E-state index in [1.165, 1.54) is 36.4 Å². The van der Waals surface area contributed by atoms with Crippen LogP contribution >= 0.6 is 0 Å². The van der Waals surface area contributed by atoms with Gasteiger partial charge in [0.1, 0.15) is 17.1 Å². The Kier molecular flexibility index (Phi) is 6.40. The van der Waals surface area contributed by atoms with Crippen LogP contribution < -0.4 is 20.3 Å². The number of halogens is 3. The third-order valence-electron chi connectivity index (χ3n) is 4.90. The zero-order chi connectivity index (χ0) is 23.4. The molecule has 3 heterocycles. The first-order chi connectivity index (χ1) is 15.8. The maximum absolute atomic E-state index is 12.3. The van der Waals surface area contributed by atoms with Crippen LogP contribution in [0.1, 0.15) is 11.3 Å². The Bertz CT molecular complexity index is 1180. The van der Waals surface area contributed by atoms with Gasteiger partial charge < -0.3 is 20.3 Å². The molecule has 1 saturated heterocycles. The summed E-state index contributed by atoms with van der Waals surface area (Å²) >= 11 is 0. The number of alkyl halides is 3. The highest BCUT2D eigenvalue weighted by molar-refractivity contribution is 6.01. The molecule has 1 aliphatic heterocycles.